The molecule has 4 heterocycles. The van der Waals surface area contributed by atoms with Crippen molar-refractivity contribution < 1.29 is 18.4 Å². The normalized spacial score (nSPS) is 11.4. The Morgan fingerprint density at radius 3 is 2.56 bits per heavy atom. The van der Waals surface area contributed by atoms with Gasteiger partial charge in [0.05, 0.1) is 16.9 Å². The van der Waals surface area contributed by atoms with Gasteiger partial charge in [0.2, 0.25) is 0 Å². The minimum absolute atomic E-state index is 0.0438. The molecule has 4 aromatic heterocycles. The van der Waals surface area contributed by atoms with Crippen LogP contribution in [0.2, 0.25) is 0 Å². The van der Waals surface area contributed by atoms with Gasteiger partial charge in [-0.1, -0.05) is 0 Å². The van der Waals surface area contributed by atoms with Crippen LogP contribution in [0.3, 0.4) is 0 Å². The number of aryl methyl sites for hydroxylation is 3. The molecule has 0 spiro atoms. The maximum atomic E-state index is 13.5. The monoisotopic (exact) mass is 475 g/mol. The van der Waals surface area contributed by atoms with Gasteiger partial charge in [-0.15, -0.1) is 22.7 Å². The van der Waals surface area contributed by atoms with Crippen LogP contribution in [0, 0.1) is 13.8 Å². The smallest absolute Gasteiger partial charge is 0.280 e. The number of rotatable bonds is 6. The van der Waals surface area contributed by atoms with Gasteiger partial charge in [0.25, 0.3) is 18.2 Å². The molecule has 0 aliphatic heterocycles. The minimum atomic E-state index is -2.79. The van der Waals surface area contributed by atoms with Crippen LogP contribution in [-0.4, -0.2) is 26.6 Å². The van der Waals surface area contributed by atoms with E-state index < -0.39 is 23.9 Å². The average Bonchev–Trinajstić information content (AvgIpc) is 3.44. The Balaban J connectivity index is 1.94. The van der Waals surface area contributed by atoms with E-state index in [1.807, 2.05) is 26.0 Å². The summed E-state index contributed by atoms with van der Waals surface area (Å²) in [5, 5.41) is 7.45. The van der Waals surface area contributed by atoms with Crippen molar-refractivity contribution in [3.05, 3.63) is 51.1 Å². The number of primary amides is 1. The van der Waals surface area contributed by atoms with Crippen molar-refractivity contribution in [1.29, 1.82) is 0 Å². The fourth-order valence-electron chi connectivity index (χ4n) is 3.38. The largest absolute Gasteiger partial charge is 0.365 e. The zero-order valence-corrected chi connectivity index (χ0v) is 19.0. The highest BCUT2D eigenvalue weighted by Gasteiger charge is 2.26. The lowest BCUT2D eigenvalue weighted by Gasteiger charge is -2.09. The van der Waals surface area contributed by atoms with Crippen molar-refractivity contribution in [3.8, 4) is 10.4 Å². The molecule has 0 aromatic carbocycles. The molecule has 0 fully saturated rings. The number of nitrogens with two attached hydrogens (primary N) is 1. The second-order valence-electron chi connectivity index (χ2n) is 7.09. The van der Waals surface area contributed by atoms with Gasteiger partial charge in [-0.2, -0.15) is 5.10 Å². The van der Waals surface area contributed by atoms with Crippen molar-refractivity contribution in [2.24, 2.45) is 5.73 Å². The van der Waals surface area contributed by atoms with Crippen LogP contribution in [0.1, 0.15) is 49.6 Å². The lowest BCUT2D eigenvalue weighted by molar-refractivity contribution is 0.100. The molecule has 7 nitrogen and oxygen atoms in total. The number of thiophene rings is 2. The van der Waals surface area contributed by atoms with Crippen LogP contribution in [0.5, 0.6) is 0 Å². The van der Waals surface area contributed by atoms with E-state index in [2.05, 4.69) is 15.4 Å². The Kier molecular flexibility index (Phi) is 5.78. The predicted molar refractivity (Wildman–Crippen MR) is 122 cm³/mol. The van der Waals surface area contributed by atoms with E-state index in [4.69, 9.17) is 5.73 Å². The van der Waals surface area contributed by atoms with Crippen LogP contribution in [-0.2, 0) is 6.54 Å². The first-order valence-corrected chi connectivity index (χ1v) is 11.3. The number of fused-ring (bicyclic) bond motifs is 1. The van der Waals surface area contributed by atoms with Gasteiger partial charge >= 0.3 is 0 Å². The first-order valence-electron chi connectivity index (χ1n) is 9.67. The molecule has 0 bridgehead atoms. The summed E-state index contributed by atoms with van der Waals surface area (Å²) in [5.41, 5.74) is 6.65. The lowest BCUT2D eigenvalue weighted by Crippen LogP contribution is -2.17. The average molecular weight is 476 g/mol. The topological polar surface area (TPSA) is 103 Å². The third kappa shape index (κ3) is 3.89. The minimum Gasteiger partial charge on any atom is -0.365 e. The number of nitrogens with zero attached hydrogens (tertiary/aromatic N) is 3. The van der Waals surface area contributed by atoms with E-state index in [-0.39, 0.29) is 15.4 Å². The summed E-state index contributed by atoms with van der Waals surface area (Å²) in [7, 11) is 0. The van der Waals surface area contributed by atoms with Crippen molar-refractivity contribution >= 4 is 50.4 Å². The van der Waals surface area contributed by atoms with Gasteiger partial charge in [-0.25, -0.2) is 13.8 Å². The van der Waals surface area contributed by atoms with E-state index in [0.29, 0.717) is 28.8 Å². The van der Waals surface area contributed by atoms with Crippen LogP contribution < -0.4 is 11.1 Å². The summed E-state index contributed by atoms with van der Waals surface area (Å²) in [6.45, 7) is 6.09. The molecule has 3 N–H and O–H groups in total. The molecule has 2 amide bonds. The molecule has 0 saturated heterocycles. The molecule has 0 radical (unpaired) electrons. The fraction of sp³-hybridized carbons (Fsp3) is 0.238. The summed E-state index contributed by atoms with van der Waals surface area (Å²) >= 11 is 2.30. The number of nitrogens with one attached hydrogen (secondary N) is 1. The third-order valence-corrected chi connectivity index (χ3v) is 7.02. The number of carbonyl (C=O) groups excluding carboxylic acids is 2. The standard InChI is InChI=1S/C21H19F2N5O2S2/c1-4-28-8-12(10(3)27-28)20(30)26-16-15-11(14-6-5-9(2)31-14)7-13(18(22)23)25-21(15)32-17(16)19(24)29/h5-8,18H,4H2,1-3H3,(H2,24,29)(H,26,30). The summed E-state index contributed by atoms with van der Waals surface area (Å²) in [6.07, 6.45) is -1.18. The van der Waals surface area contributed by atoms with Crippen LogP contribution in [0.4, 0.5) is 14.5 Å². The Hall–Kier alpha value is -3.18. The van der Waals surface area contributed by atoms with Gasteiger partial charge < -0.3 is 11.1 Å². The van der Waals surface area contributed by atoms with Gasteiger partial charge in [0, 0.05) is 33.4 Å². The van der Waals surface area contributed by atoms with E-state index in [9.17, 15) is 18.4 Å². The second-order valence-corrected chi connectivity index (χ2v) is 9.38. The summed E-state index contributed by atoms with van der Waals surface area (Å²) in [6, 6.07) is 4.98. The van der Waals surface area contributed by atoms with Gasteiger partial charge in [0.1, 0.15) is 15.4 Å². The maximum Gasteiger partial charge on any atom is 0.280 e. The highest BCUT2D eigenvalue weighted by atomic mass is 32.1. The summed E-state index contributed by atoms with van der Waals surface area (Å²) in [5.74, 6) is -1.26. The highest BCUT2D eigenvalue weighted by Crippen LogP contribution is 2.44. The summed E-state index contributed by atoms with van der Waals surface area (Å²) in [4.78, 5) is 31.2. The molecule has 0 atom stereocenters. The van der Waals surface area contributed by atoms with Crippen LogP contribution >= 0.6 is 22.7 Å². The molecule has 0 saturated carbocycles. The maximum absolute atomic E-state index is 13.5. The molecule has 166 valence electrons. The first-order chi connectivity index (χ1) is 15.2. The number of hydrogen-bond donors (Lipinski definition) is 2. The molecule has 4 aromatic rings. The van der Waals surface area contributed by atoms with Crippen molar-refractivity contribution in [3.63, 3.8) is 0 Å². The van der Waals surface area contributed by atoms with Crippen molar-refractivity contribution in [2.75, 3.05) is 5.32 Å². The Bertz CT molecular complexity index is 1360. The van der Waals surface area contributed by atoms with Crippen molar-refractivity contribution in [1.82, 2.24) is 14.8 Å². The number of anilines is 1. The number of halogens is 2. The number of hydrogen-bond acceptors (Lipinski definition) is 6. The highest BCUT2D eigenvalue weighted by molar-refractivity contribution is 7.21. The van der Waals surface area contributed by atoms with Crippen molar-refractivity contribution in [2.45, 2.75) is 33.7 Å². The SMILES string of the molecule is CCn1cc(C(=O)Nc2c(C(N)=O)sc3nc(C(F)F)cc(-c4ccc(C)s4)c23)c(C)n1. The molecular weight excluding hydrogens is 456 g/mol. The molecule has 32 heavy (non-hydrogen) atoms. The van der Waals surface area contributed by atoms with E-state index >= 15 is 0 Å². The number of pyridine rings is 1. The van der Waals surface area contributed by atoms with E-state index in [1.165, 1.54) is 17.4 Å². The quantitative estimate of drug-likeness (QED) is 0.403. The number of alkyl halides is 2. The molecule has 4 rings (SSSR count). The second kappa shape index (κ2) is 8.40. The zero-order chi connectivity index (χ0) is 23.2. The number of carbonyl (C=O) groups is 2. The van der Waals surface area contributed by atoms with Crippen LogP contribution in [0.25, 0.3) is 20.7 Å². The van der Waals surface area contributed by atoms with Gasteiger partial charge in [-0.05, 0) is 39.0 Å². The number of amides is 2. The molecular formula is C21H19F2N5O2S2. The Labute approximate surface area is 189 Å². The lowest BCUT2D eigenvalue weighted by atomic mass is 10.1. The molecule has 0 unspecified atom stereocenters. The Morgan fingerprint density at radius 2 is 2.00 bits per heavy atom. The van der Waals surface area contributed by atoms with E-state index in [0.717, 1.165) is 21.1 Å². The zero-order valence-electron chi connectivity index (χ0n) is 17.4. The van der Waals surface area contributed by atoms with Gasteiger partial charge in [-0.3, -0.25) is 14.3 Å². The fourth-order valence-corrected chi connectivity index (χ4v) is 5.28. The predicted octanol–water partition coefficient (Wildman–Crippen LogP) is 5.15. The van der Waals surface area contributed by atoms with Crippen LogP contribution in [0.15, 0.2) is 24.4 Å². The van der Waals surface area contributed by atoms with E-state index in [1.54, 1.807) is 17.8 Å². The Morgan fingerprint density at radius 1 is 1.25 bits per heavy atom. The molecule has 0 aliphatic rings. The molecule has 11 heteroatoms. The summed E-state index contributed by atoms with van der Waals surface area (Å²) < 4.78 is 28.7. The molecule has 0 aliphatic carbocycles. The third-order valence-electron chi connectivity index (χ3n) is 4.89. The number of aromatic nitrogens is 3. The first kappa shape index (κ1) is 22.0. The van der Waals surface area contributed by atoms with Gasteiger partial charge in [0.15, 0.2) is 0 Å².